The summed E-state index contributed by atoms with van der Waals surface area (Å²) in [6.07, 6.45) is 0.802. The average Bonchev–Trinajstić information content (AvgIpc) is 3.17. The first kappa shape index (κ1) is 19.6. The molecule has 0 aliphatic rings. The molecule has 0 radical (unpaired) electrons. The zero-order valence-corrected chi connectivity index (χ0v) is 16.6. The molecule has 0 fully saturated rings. The summed E-state index contributed by atoms with van der Waals surface area (Å²) in [5.41, 5.74) is 2.51. The molecule has 1 heterocycles. The molecule has 0 aliphatic heterocycles. The second-order valence-electron chi connectivity index (χ2n) is 6.91. The van der Waals surface area contributed by atoms with Gasteiger partial charge in [-0.15, -0.1) is 0 Å². The summed E-state index contributed by atoms with van der Waals surface area (Å²) >= 11 is 0. The predicted molar refractivity (Wildman–Crippen MR) is 119 cm³/mol. The highest BCUT2D eigenvalue weighted by Crippen LogP contribution is 2.27. The molecule has 0 atom stereocenters. The zero-order valence-electron chi connectivity index (χ0n) is 16.6. The van der Waals surface area contributed by atoms with Crippen molar-refractivity contribution in [3.8, 4) is 5.75 Å². The monoisotopic (exact) mass is 400 g/mol. The van der Waals surface area contributed by atoms with Crippen LogP contribution in [0.5, 0.6) is 5.75 Å². The Kier molecular flexibility index (Phi) is 6.30. The fraction of sp³-hybridized carbons (Fsp3) is 0.160. The van der Waals surface area contributed by atoms with Gasteiger partial charge in [0.2, 0.25) is 0 Å². The van der Waals surface area contributed by atoms with E-state index in [-0.39, 0.29) is 12.5 Å². The first-order chi connectivity index (χ1) is 14.8. The minimum Gasteiger partial charge on any atom is -0.489 e. The van der Waals surface area contributed by atoms with Gasteiger partial charge in [-0.05, 0) is 36.8 Å². The van der Waals surface area contributed by atoms with Crippen LogP contribution in [-0.2, 0) is 6.61 Å². The fourth-order valence-electron chi connectivity index (χ4n) is 3.26. The zero-order chi connectivity index (χ0) is 20.6. The lowest BCUT2D eigenvalue weighted by Crippen LogP contribution is -2.26. The first-order valence-electron chi connectivity index (χ1n) is 10.1. The van der Waals surface area contributed by atoms with Crippen LogP contribution < -0.4 is 15.4 Å². The number of rotatable bonds is 9. The van der Waals surface area contributed by atoms with Crippen LogP contribution in [-0.4, -0.2) is 19.0 Å². The number of carbonyl (C=O) groups excluding carboxylic acids is 1. The van der Waals surface area contributed by atoms with Gasteiger partial charge in [0.1, 0.15) is 17.9 Å². The van der Waals surface area contributed by atoms with E-state index in [1.807, 2.05) is 84.9 Å². The molecule has 4 rings (SSSR count). The third-order valence-corrected chi connectivity index (χ3v) is 4.77. The number of para-hydroxylation sites is 3. The van der Waals surface area contributed by atoms with Crippen molar-refractivity contribution in [2.45, 2.75) is 13.0 Å². The van der Waals surface area contributed by atoms with Gasteiger partial charge in [-0.25, -0.2) is 0 Å². The van der Waals surface area contributed by atoms with Crippen molar-refractivity contribution in [2.75, 3.05) is 18.4 Å². The maximum atomic E-state index is 12.8. The minimum atomic E-state index is -0.224. The Labute approximate surface area is 175 Å². The lowest BCUT2D eigenvalue weighted by molar-refractivity contribution is 0.0924. The standard InChI is InChI=1S/C25H24N2O3/c28-25(27-17-9-16-26-19-10-3-1-4-11-19)24-22(18-29-20-12-5-2-6-13-20)21-14-7-8-15-23(21)30-24/h1-8,10-15,26H,9,16-18H2,(H,27,28). The van der Waals surface area contributed by atoms with E-state index in [1.54, 1.807) is 0 Å². The van der Waals surface area contributed by atoms with Crippen molar-refractivity contribution in [3.05, 3.63) is 96.3 Å². The summed E-state index contributed by atoms with van der Waals surface area (Å²) in [4.78, 5) is 12.8. The van der Waals surface area contributed by atoms with E-state index in [0.29, 0.717) is 17.9 Å². The number of amides is 1. The van der Waals surface area contributed by atoms with Crippen molar-refractivity contribution in [1.29, 1.82) is 0 Å². The molecule has 152 valence electrons. The molecule has 0 saturated heterocycles. The van der Waals surface area contributed by atoms with Gasteiger partial charge < -0.3 is 19.8 Å². The largest absolute Gasteiger partial charge is 0.489 e. The molecule has 5 nitrogen and oxygen atoms in total. The number of ether oxygens (including phenoxy) is 1. The van der Waals surface area contributed by atoms with Gasteiger partial charge in [-0.3, -0.25) is 4.79 Å². The Hall–Kier alpha value is -3.73. The molecule has 4 aromatic rings. The van der Waals surface area contributed by atoms with E-state index in [0.717, 1.165) is 35.4 Å². The highest BCUT2D eigenvalue weighted by Gasteiger charge is 2.20. The lowest BCUT2D eigenvalue weighted by atomic mass is 10.1. The summed E-state index contributed by atoms with van der Waals surface area (Å²) in [6.45, 7) is 1.59. The average molecular weight is 400 g/mol. The lowest BCUT2D eigenvalue weighted by Gasteiger charge is -2.09. The summed E-state index contributed by atoms with van der Waals surface area (Å²) in [5.74, 6) is 0.835. The van der Waals surface area contributed by atoms with Gasteiger partial charge in [0.15, 0.2) is 5.76 Å². The molecule has 1 aromatic heterocycles. The molecule has 0 unspecified atom stereocenters. The molecule has 1 amide bonds. The minimum absolute atomic E-state index is 0.224. The summed E-state index contributed by atoms with van der Waals surface area (Å²) < 4.78 is 11.8. The van der Waals surface area contributed by atoms with Crippen LogP contribution in [0.15, 0.2) is 89.3 Å². The fourth-order valence-corrected chi connectivity index (χ4v) is 3.26. The number of fused-ring (bicyclic) bond motifs is 1. The second kappa shape index (κ2) is 9.65. The normalized spacial score (nSPS) is 10.7. The van der Waals surface area contributed by atoms with Crippen LogP contribution >= 0.6 is 0 Å². The molecule has 5 heteroatoms. The van der Waals surface area contributed by atoms with Crippen molar-refractivity contribution >= 4 is 22.6 Å². The number of hydrogen-bond donors (Lipinski definition) is 2. The van der Waals surface area contributed by atoms with Gasteiger partial charge in [0.05, 0.1) is 0 Å². The molecular formula is C25H24N2O3. The third kappa shape index (κ3) is 4.81. The van der Waals surface area contributed by atoms with Crippen molar-refractivity contribution in [2.24, 2.45) is 0 Å². The van der Waals surface area contributed by atoms with E-state index >= 15 is 0 Å². The smallest absolute Gasteiger partial charge is 0.287 e. The highest BCUT2D eigenvalue weighted by molar-refractivity contribution is 5.99. The number of anilines is 1. The van der Waals surface area contributed by atoms with Crippen LogP contribution in [0.4, 0.5) is 5.69 Å². The topological polar surface area (TPSA) is 63.5 Å². The van der Waals surface area contributed by atoms with E-state index < -0.39 is 0 Å². The molecule has 0 bridgehead atoms. The maximum Gasteiger partial charge on any atom is 0.287 e. The third-order valence-electron chi connectivity index (χ3n) is 4.77. The van der Waals surface area contributed by atoms with Crippen molar-refractivity contribution in [3.63, 3.8) is 0 Å². The number of carbonyl (C=O) groups is 1. The number of hydrogen-bond acceptors (Lipinski definition) is 4. The van der Waals surface area contributed by atoms with Crippen LogP contribution in [0.3, 0.4) is 0 Å². The van der Waals surface area contributed by atoms with Gasteiger partial charge in [-0.2, -0.15) is 0 Å². The van der Waals surface area contributed by atoms with Gasteiger partial charge >= 0.3 is 0 Å². The summed E-state index contributed by atoms with van der Waals surface area (Å²) in [5, 5.41) is 7.18. The quantitative estimate of drug-likeness (QED) is 0.377. The Balaban J connectivity index is 1.39. The molecule has 0 saturated carbocycles. The number of benzene rings is 3. The maximum absolute atomic E-state index is 12.8. The van der Waals surface area contributed by atoms with Gasteiger partial charge in [0.25, 0.3) is 5.91 Å². The van der Waals surface area contributed by atoms with Crippen LogP contribution in [0.2, 0.25) is 0 Å². The number of furan rings is 1. The number of nitrogens with one attached hydrogen (secondary N) is 2. The predicted octanol–water partition coefficient (Wildman–Crippen LogP) is 5.24. The molecule has 3 aromatic carbocycles. The van der Waals surface area contributed by atoms with Crippen molar-refractivity contribution in [1.82, 2.24) is 5.32 Å². The summed E-state index contributed by atoms with van der Waals surface area (Å²) in [7, 11) is 0. The highest BCUT2D eigenvalue weighted by atomic mass is 16.5. The molecule has 30 heavy (non-hydrogen) atoms. The molecule has 2 N–H and O–H groups in total. The Morgan fingerprint density at radius 3 is 2.33 bits per heavy atom. The van der Waals surface area contributed by atoms with Crippen LogP contribution in [0.1, 0.15) is 22.5 Å². The summed E-state index contributed by atoms with van der Waals surface area (Å²) in [6, 6.07) is 27.2. The van der Waals surface area contributed by atoms with Crippen LogP contribution in [0.25, 0.3) is 11.0 Å². The molecule has 0 aliphatic carbocycles. The second-order valence-corrected chi connectivity index (χ2v) is 6.91. The molecular weight excluding hydrogens is 376 g/mol. The Morgan fingerprint density at radius 1 is 0.833 bits per heavy atom. The van der Waals surface area contributed by atoms with Gasteiger partial charge in [0, 0.05) is 29.7 Å². The van der Waals surface area contributed by atoms with Crippen molar-refractivity contribution < 1.29 is 13.9 Å². The first-order valence-corrected chi connectivity index (χ1v) is 10.1. The Morgan fingerprint density at radius 2 is 1.53 bits per heavy atom. The van der Waals surface area contributed by atoms with E-state index in [1.165, 1.54) is 0 Å². The Bertz CT molecular complexity index is 1090. The van der Waals surface area contributed by atoms with E-state index in [4.69, 9.17) is 9.15 Å². The molecule has 0 spiro atoms. The van der Waals surface area contributed by atoms with E-state index in [9.17, 15) is 4.79 Å². The van der Waals surface area contributed by atoms with Crippen LogP contribution in [0, 0.1) is 0 Å². The SMILES string of the molecule is O=C(NCCCNc1ccccc1)c1oc2ccccc2c1COc1ccccc1. The van der Waals surface area contributed by atoms with E-state index in [2.05, 4.69) is 10.6 Å². The van der Waals surface area contributed by atoms with Gasteiger partial charge in [-0.1, -0.05) is 54.6 Å².